The molecule has 0 radical (unpaired) electrons. The molecule has 0 aliphatic heterocycles. The number of fused-ring (bicyclic) bond motifs is 4. The zero-order valence-electron chi connectivity index (χ0n) is 10.2. The summed E-state index contributed by atoms with van der Waals surface area (Å²) in [5, 5.41) is 12.5. The Labute approximate surface area is 108 Å². The number of ketones is 1. The van der Waals surface area contributed by atoms with E-state index in [1.54, 1.807) is 10.6 Å². The molecule has 0 bridgehead atoms. The Bertz CT molecular complexity index is 836. The predicted molar refractivity (Wildman–Crippen MR) is 66.8 cm³/mol. The van der Waals surface area contributed by atoms with Crippen molar-refractivity contribution in [3.8, 4) is 11.3 Å². The number of hydrogen-bond donors (Lipinski definition) is 0. The summed E-state index contributed by atoms with van der Waals surface area (Å²) in [6, 6.07) is 7.41. The fourth-order valence-electron chi connectivity index (χ4n) is 2.35. The maximum absolute atomic E-state index is 12.2. The molecule has 2 heterocycles. The van der Waals surface area contributed by atoms with Crippen LogP contribution in [0.4, 0.5) is 0 Å². The van der Waals surface area contributed by atoms with Gasteiger partial charge in [0.25, 0.3) is 5.78 Å². The van der Waals surface area contributed by atoms with E-state index in [1.807, 2.05) is 25.1 Å². The van der Waals surface area contributed by atoms with Gasteiger partial charge in [-0.3, -0.25) is 4.79 Å². The van der Waals surface area contributed by atoms with Crippen LogP contribution in [0.25, 0.3) is 17.0 Å². The third kappa shape index (κ3) is 1.22. The van der Waals surface area contributed by atoms with Crippen molar-refractivity contribution in [1.82, 2.24) is 24.8 Å². The first kappa shape index (κ1) is 10.3. The molecule has 2 aromatic heterocycles. The molecule has 92 valence electrons. The van der Waals surface area contributed by atoms with Gasteiger partial charge in [0, 0.05) is 17.5 Å². The van der Waals surface area contributed by atoms with Crippen LogP contribution >= 0.6 is 0 Å². The van der Waals surface area contributed by atoms with Crippen LogP contribution in [0.3, 0.4) is 0 Å². The molecular formula is C13H9N5O. The third-order valence-electron chi connectivity index (χ3n) is 3.28. The number of rotatable bonds is 1. The van der Waals surface area contributed by atoms with E-state index < -0.39 is 0 Å². The maximum Gasteiger partial charge on any atom is 0.272 e. The van der Waals surface area contributed by atoms with Gasteiger partial charge in [0.05, 0.1) is 0 Å². The van der Waals surface area contributed by atoms with E-state index in [0.717, 1.165) is 11.4 Å². The molecule has 0 saturated carbocycles. The van der Waals surface area contributed by atoms with Crippen LogP contribution < -0.4 is 0 Å². The molecule has 0 N–H and O–H groups in total. The first-order valence-electron chi connectivity index (χ1n) is 6.06. The molecule has 3 aromatic rings. The van der Waals surface area contributed by atoms with Gasteiger partial charge in [0.15, 0.2) is 5.82 Å². The van der Waals surface area contributed by atoms with Crippen LogP contribution in [0.1, 0.15) is 28.8 Å². The van der Waals surface area contributed by atoms with Gasteiger partial charge in [-0.05, 0) is 0 Å². The van der Waals surface area contributed by atoms with Crippen LogP contribution in [-0.2, 0) is 6.42 Å². The fraction of sp³-hybridized carbons (Fsp3) is 0.154. The van der Waals surface area contributed by atoms with Crippen LogP contribution in [0.15, 0.2) is 24.3 Å². The lowest BCUT2D eigenvalue weighted by molar-refractivity contribution is 0.103. The Morgan fingerprint density at radius 1 is 1.11 bits per heavy atom. The topological polar surface area (TPSA) is 73.0 Å². The summed E-state index contributed by atoms with van der Waals surface area (Å²) in [6.45, 7) is 1.98. The lowest BCUT2D eigenvalue weighted by Gasteiger charge is -1.99. The van der Waals surface area contributed by atoms with Crippen LogP contribution in [0.5, 0.6) is 0 Å². The summed E-state index contributed by atoms with van der Waals surface area (Å²) in [5.74, 6) is 1.01. The predicted octanol–water partition coefficient (Wildman–Crippen LogP) is 1.29. The lowest BCUT2D eigenvalue weighted by Crippen LogP contribution is -2.05. The Balaban J connectivity index is 2.10. The Kier molecular flexibility index (Phi) is 1.87. The molecule has 1 aliphatic rings. The highest BCUT2D eigenvalue weighted by Gasteiger charge is 2.30. The van der Waals surface area contributed by atoms with Gasteiger partial charge < -0.3 is 0 Å². The van der Waals surface area contributed by atoms with E-state index >= 15 is 0 Å². The van der Waals surface area contributed by atoms with Crippen molar-refractivity contribution in [1.29, 1.82) is 0 Å². The highest BCUT2D eigenvalue weighted by Crippen LogP contribution is 2.33. The molecule has 0 atom stereocenters. The highest BCUT2D eigenvalue weighted by molar-refractivity contribution is 6.19. The molecule has 0 unspecified atom stereocenters. The molecule has 0 saturated heterocycles. The van der Waals surface area contributed by atoms with E-state index in [1.165, 1.54) is 0 Å². The minimum Gasteiger partial charge on any atom is -0.287 e. The zero-order chi connectivity index (χ0) is 13.0. The highest BCUT2D eigenvalue weighted by atomic mass is 16.1. The number of hydrogen-bond acceptors (Lipinski definition) is 5. The van der Waals surface area contributed by atoms with Crippen molar-refractivity contribution in [2.45, 2.75) is 13.3 Å². The quantitative estimate of drug-likeness (QED) is 0.509. The normalized spacial score (nSPS) is 12.8. The summed E-state index contributed by atoms with van der Waals surface area (Å²) in [5.41, 5.74) is 2.45. The minimum atomic E-state index is -0.0957. The molecule has 6 nitrogen and oxygen atoms in total. The smallest absolute Gasteiger partial charge is 0.272 e. The SMILES string of the molecule is CCc1nnc2nc3c(nn12)-c1ccccc1C3=O. The summed E-state index contributed by atoms with van der Waals surface area (Å²) >= 11 is 0. The first-order chi connectivity index (χ1) is 9.29. The molecule has 1 aliphatic carbocycles. The summed E-state index contributed by atoms with van der Waals surface area (Å²) in [7, 11) is 0. The van der Waals surface area contributed by atoms with E-state index in [0.29, 0.717) is 29.1 Å². The summed E-state index contributed by atoms with van der Waals surface area (Å²) < 4.78 is 1.61. The van der Waals surface area contributed by atoms with E-state index in [4.69, 9.17) is 0 Å². The third-order valence-corrected chi connectivity index (χ3v) is 3.28. The second-order valence-electron chi connectivity index (χ2n) is 4.37. The van der Waals surface area contributed by atoms with Gasteiger partial charge >= 0.3 is 0 Å². The monoisotopic (exact) mass is 251 g/mol. The largest absolute Gasteiger partial charge is 0.287 e. The average molecular weight is 251 g/mol. The molecule has 4 rings (SSSR count). The standard InChI is InChI=1S/C13H9N5O/c1-2-9-15-16-13-14-11-10(17-18(9)13)7-5-3-4-6-8(7)12(11)19/h3-6H,2H2,1H3. The van der Waals surface area contributed by atoms with Gasteiger partial charge in [0.1, 0.15) is 11.4 Å². The van der Waals surface area contributed by atoms with Crippen molar-refractivity contribution in [2.75, 3.05) is 0 Å². The second kappa shape index (κ2) is 3.44. The van der Waals surface area contributed by atoms with Crippen LogP contribution in [0, 0.1) is 0 Å². The van der Waals surface area contributed by atoms with Gasteiger partial charge in [-0.15, -0.1) is 10.2 Å². The first-order valence-corrected chi connectivity index (χ1v) is 6.06. The Hall–Kier alpha value is -2.63. The van der Waals surface area contributed by atoms with Crippen molar-refractivity contribution >= 4 is 11.6 Å². The van der Waals surface area contributed by atoms with Crippen molar-refractivity contribution < 1.29 is 4.79 Å². The molecule has 1 aromatic carbocycles. The average Bonchev–Trinajstić information content (AvgIpc) is 2.98. The molecule has 6 heteroatoms. The van der Waals surface area contributed by atoms with Crippen molar-refractivity contribution in [3.63, 3.8) is 0 Å². The van der Waals surface area contributed by atoms with Gasteiger partial charge in [-0.25, -0.2) is 4.98 Å². The van der Waals surface area contributed by atoms with Gasteiger partial charge in [0.2, 0.25) is 5.78 Å². The van der Waals surface area contributed by atoms with Crippen molar-refractivity contribution in [3.05, 3.63) is 41.3 Å². The Morgan fingerprint density at radius 3 is 2.68 bits per heavy atom. The van der Waals surface area contributed by atoms with E-state index in [9.17, 15) is 4.79 Å². The molecule has 0 spiro atoms. The zero-order valence-corrected chi connectivity index (χ0v) is 10.2. The molecular weight excluding hydrogens is 242 g/mol. The number of carbonyl (C=O) groups is 1. The van der Waals surface area contributed by atoms with Gasteiger partial charge in [-0.1, -0.05) is 31.2 Å². The number of aryl methyl sites for hydroxylation is 1. The van der Waals surface area contributed by atoms with Crippen LogP contribution in [-0.4, -0.2) is 30.6 Å². The number of nitrogens with zero attached hydrogens (tertiary/aromatic N) is 5. The van der Waals surface area contributed by atoms with E-state index in [-0.39, 0.29) is 5.78 Å². The molecule has 0 amide bonds. The Morgan fingerprint density at radius 2 is 1.89 bits per heavy atom. The summed E-state index contributed by atoms with van der Waals surface area (Å²) in [6.07, 6.45) is 0.713. The lowest BCUT2D eigenvalue weighted by atomic mass is 10.1. The number of carbonyl (C=O) groups excluding carboxylic acids is 1. The van der Waals surface area contributed by atoms with E-state index in [2.05, 4.69) is 20.3 Å². The maximum atomic E-state index is 12.2. The van der Waals surface area contributed by atoms with Gasteiger partial charge in [-0.2, -0.15) is 9.61 Å². The van der Waals surface area contributed by atoms with Crippen LogP contribution in [0.2, 0.25) is 0 Å². The molecule has 0 fully saturated rings. The number of aromatic nitrogens is 5. The molecule has 19 heavy (non-hydrogen) atoms. The second-order valence-corrected chi connectivity index (χ2v) is 4.37. The minimum absolute atomic E-state index is 0.0957. The summed E-state index contributed by atoms with van der Waals surface area (Å²) in [4.78, 5) is 16.5. The fourth-order valence-corrected chi connectivity index (χ4v) is 2.35. The van der Waals surface area contributed by atoms with Crippen molar-refractivity contribution in [2.24, 2.45) is 0 Å². The number of benzene rings is 1.